The molecule has 0 bridgehead atoms. The molecule has 30 heavy (non-hydrogen) atoms. The van der Waals surface area contributed by atoms with Gasteiger partial charge in [0.2, 0.25) is 6.79 Å². The molecule has 3 aliphatic rings. The SMILES string of the molecule is O=C(NCc1ccc2c(c1)OCO2)c1ccc(NC2=N[C@@H]3CS(=O)(=O)C[C@H]3S2)cc1. The number of fused-ring (bicyclic) bond motifs is 2. The van der Waals surface area contributed by atoms with Crippen LogP contribution >= 0.6 is 11.8 Å². The lowest BCUT2D eigenvalue weighted by atomic mass is 10.1. The Kier molecular flexibility index (Phi) is 4.82. The largest absolute Gasteiger partial charge is 0.454 e. The molecule has 0 radical (unpaired) electrons. The first-order chi connectivity index (χ1) is 14.4. The van der Waals surface area contributed by atoms with Gasteiger partial charge in [0.05, 0.1) is 17.5 Å². The fourth-order valence-electron chi connectivity index (χ4n) is 3.58. The smallest absolute Gasteiger partial charge is 0.251 e. The molecule has 0 saturated carbocycles. The maximum absolute atomic E-state index is 12.4. The highest BCUT2D eigenvalue weighted by molar-refractivity contribution is 8.15. The van der Waals surface area contributed by atoms with Crippen molar-refractivity contribution in [2.75, 3.05) is 23.6 Å². The topological polar surface area (TPSA) is 106 Å². The number of nitrogens with one attached hydrogen (secondary N) is 2. The van der Waals surface area contributed by atoms with Gasteiger partial charge in [0, 0.05) is 23.0 Å². The first kappa shape index (κ1) is 19.3. The summed E-state index contributed by atoms with van der Waals surface area (Å²) >= 11 is 1.46. The van der Waals surface area contributed by atoms with Crippen molar-refractivity contribution in [1.82, 2.24) is 5.32 Å². The first-order valence-electron chi connectivity index (χ1n) is 9.44. The van der Waals surface area contributed by atoms with Crippen LogP contribution in [0.15, 0.2) is 47.5 Å². The van der Waals surface area contributed by atoms with Crippen molar-refractivity contribution < 1.29 is 22.7 Å². The molecule has 1 fully saturated rings. The number of anilines is 1. The number of hydrogen-bond donors (Lipinski definition) is 2. The van der Waals surface area contributed by atoms with Crippen molar-refractivity contribution in [3.8, 4) is 11.5 Å². The Hall–Kier alpha value is -2.72. The van der Waals surface area contributed by atoms with E-state index in [-0.39, 0.29) is 35.5 Å². The maximum Gasteiger partial charge on any atom is 0.251 e. The number of benzene rings is 2. The van der Waals surface area contributed by atoms with Crippen LogP contribution in [-0.2, 0) is 16.4 Å². The van der Waals surface area contributed by atoms with Crippen molar-refractivity contribution in [2.24, 2.45) is 4.99 Å². The Labute approximate surface area is 178 Å². The van der Waals surface area contributed by atoms with Crippen LogP contribution in [0.3, 0.4) is 0 Å². The lowest BCUT2D eigenvalue weighted by Crippen LogP contribution is -2.22. The Bertz CT molecular complexity index is 1130. The molecule has 2 aromatic carbocycles. The zero-order valence-electron chi connectivity index (χ0n) is 15.8. The quantitative estimate of drug-likeness (QED) is 0.742. The number of sulfone groups is 1. The minimum absolute atomic E-state index is 0.00118. The van der Waals surface area contributed by atoms with Crippen LogP contribution in [0.1, 0.15) is 15.9 Å². The normalized spacial score (nSPS) is 23.0. The van der Waals surface area contributed by atoms with Crippen LogP contribution < -0.4 is 20.1 Å². The molecule has 10 heteroatoms. The first-order valence-corrected chi connectivity index (χ1v) is 12.1. The Morgan fingerprint density at radius 1 is 1.10 bits per heavy atom. The third kappa shape index (κ3) is 3.97. The highest BCUT2D eigenvalue weighted by Crippen LogP contribution is 2.35. The summed E-state index contributed by atoms with van der Waals surface area (Å²) in [5.74, 6) is 1.53. The number of hydrogen-bond acceptors (Lipinski definition) is 8. The molecule has 8 nitrogen and oxygen atoms in total. The lowest BCUT2D eigenvalue weighted by molar-refractivity contribution is 0.0951. The molecule has 5 rings (SSSR count). The van der Waals surface area contributed by atoms with E-state index in [1.165, 1.54) is 11.8 Å². The Morgan fingerprint density at radius 2 is 1.90 bits per heavy atom. The van der Waals surface area contributed by atoms with E-state index in [0.717, 1.165) is 16.4 Å². The highest BCUT2D eigenvalue weighted by Gasteiger charge is 2.42. The third-order valence-electron chi connectivity index (χ3n) is 5.11. The van der Waals surface area contributed by atoms with Gasteiger partial charge < -0.3 is 20.1 Å². The van der Waals surface area contributed by atoms with Gasteiger partial charge in [-0.3, -0.25) is 9.79 Å². The molecular weight excluding hydrogens is 426 g/mol. The number of nitrogens with zero attached hydrogens (tertiary/aromatic N) is 1. The van der Waals surface area contributed by atoms with Crippen LogP contribution in [0, 0.1) is 0 Å². The Balaban J connectivity index is 1.17. The minimum atomic E-state index is -2.96. The van der Waals surface area contributed by atoms with Crippen LogP contribution in [0.5, 0.6) is 11.5 Å². The predicted octanol–water partition coefficient (Wildman–Crippen LogP) is 2.03. The standard InChI is InChI=1S/C20H19N3O5S2/c24-19(21-8-12-1-6-16-17(7-12)28-11-27-16)13-2-4-14(5-3-13)22-20-23-15-9-30(25,26)10-18(15)29-20/h1-7,15,18H,8-11H2,(H,21,24)(H,22,23)/t15-,18-/m1/s1. The van der Waals surface area contributed by atoms with Crippen LogP contribution in [0.2, 0.25) is 0 Å². The van der Waals surface area contributed by atoms with Crippen molar-refractivity contribution in [3.05, 3.63) is 53.6 Å². The fraction of sp³-hybridized carbons (Fsp3) is 0.300. The van der Waals surface area contributed by atoms with Crippen molar-refractivity contribution in [1.29, 1.82) is 0 Å². The van der Waals surface area contributed by atoms with Gasteiger partial charge in [-0.15, -0.1) is 0 Å². The average molecular weight is 446 g/mol. The zero-order valence-corrected chi connectivity index (χ0v) is 17.5. The number of amidine groups is 1. The molecule has 2 N–H and O–H groups in total. The Morgan fingerprint density at radius 3 is 2.70 bits per heavy atom. The van der Waals surface area contributed by atoms with E-state index >= 15 is 0 Å². The molecule has 0 unspecified atom stereocenters. The molecule has 2 aromatic rings. The summed E-state index contributed by atoms with van der Waals surface area (Å²) in [5, 5.41) is 6.82. The minimum Gasteiger partial charge on any atom is -0.454 e. The van der Waals surface area contributed by atoms with E-state index in [2.05, 4.69) is 15.6 Å². The van der Waals surface area contributed by atoms with E-state index in [1.54, 1.807) is 12.1 Å². The molecule has 3 heterocycles. The van der Waals surface area contributed by atoms with Crippen molar-refractivity contribution >= 4 is 38.4 Å². The van der Waals surface area contributed by atoms with E-state index in [9.17, 15) is 13.2 Å². The summed E-state index contributed by atoms with van der Waals surface area (Å²) in [6, 6.07) is 12.5. The molecule has 1 saturated heterocycles. The van der Waals surface area contributed by atoms with Gasteiger partial charge >= 0.3 is 0 Å². The molecule has 0 aromatic heterocycles. The van der Waals surface area contributed by atoms with Crippen LogP contribution in [0.4, 0.5) is 5.69 Å². The van der Waals surface area contributed by atoms with Gasteiger partial charge in [0.1, 0.15) is 0 Å². The van der Waals surface area contributed by atoms with Crippen molar-refractivity contribution in [3.63, 3.8) is 0 Å². The fourth-order valence-corrected chi connectivity index (χ4v) is 7.26. The summed E-state index contributed by atoms with van der Waals surface area (Å²) in [6.45, 7) is 0.603. The van der Waals surface area contributed by atoms with Gasteiger partial charge in [-0.2, -0.15) is 0 Å². The zero-order chi connectivity index (χ0) is 20.7. The average Bonchev–Trinajstić information content (AvgIpc) is 3.38. The number of carbonyl (C=O) groups is 1. The van der Waals surface area contributed by atoms with Gasteiger partial charge in [0.25, 0.3) is 5.91 Å². The predicted molar refractivity (Wildman–Crippen MR) is 115 cm³/mol. The van der Waals surface area contributed by atoms with Gasteiger partial charge in [-0.1, -0.05) is 17.8 Å². The monoisotopic (exact) mass is 445 g/mol. The second-order valence-electron chi connectivity index (χ2n) is 7.31. The second kappa shape index (κ2) is 7.51. The second-order valence-corrected chi connectivity index (χ2v) is 10.7. The lowest BCUT2D eigenvalue weighted by Gasteiger charge is -2.09. The van der Waals surface area contributed by atoms with Gasteiger partial charge in [-0.05, 0) is 42.0 Å². The number of ether oxygens (including phenoxy) is 2. The van der Waals surface area contributed by atoms with E-state index < -0.39 is 9.84 Å². The number of aliphatic imine (C=N–C) groups is 1. The molecule has 2 atom stereocenters. The molecule has 1 amide bonds. The number of thioether (sulfide) groups is 1. The summed E-state index contributed by atoms with van der Waals surface area (Å²) < 4.78 is 33.9. The van der Waals surface area contributed by atoms with Gasteiger partial charge in [-0.25, -0.2) is 8.42 Å². The number of carbonyl (C=O) groups excluding carboxylic acids is 1. The van der Waals surface area contributed by atoms with Crippen LogP contribution in [-0.4, -0.2) is 49.1 Å². The maximum atomic E-state index is 12.4. The molecular formula is C20H19N3O5S2. The van der Waals surface area contributed by atoms with E-state index in [0.29, 0.717) is 23.6 Å². The summed E-state index contributed by atoms with van der Waals surface area (Å²) in [7, 11) is -2.96. The highest BCUT2D eigenvalue weighted by atomic mass is 32.2. The summed E-state index contributed by atoms with van der Waals surface area (Å²) in [4.78, 5) is 16.9. The van der Waals surface area contributed by atoms with Crippen LogP contribution in [0.25, 0.3) is 0 Å². The summed E-state index contributed by atoms with van der Waals surface area (Å²) in [6.07, 6.45) is 0. The number of rotatable bonds is 4. The number of amides is 1. The molecule has 0 spiro atoms. The molecule has 156 valence electrons. The molecule has 3 aliphatic heterocycles. The van der Waals surface area contributed by atoms with E-state index in [1.807, 2.05) is 30.3 Å². The third-order valence-corrected chi connectivity index (χ3v) is 8.25. The molecule has 0 aliphatic carbocycles. The van der Waals surface area contributed by atoms with Crippen molar-refractivity contribution in [2.45, 2.75) is 17.8 Å². The van der Waals surface area contributed by atoms with E-state index in [4.69, 9.17) is 9.47 Å². The summed E-state index contributed by atoms with van der Waals surface area (Å²) in [5.41, 5.74) is 2.27. The van der Waals surface area contributed by atoms with Gasteiger partial charge in [0.15, 0.2) is 26.5 Å².